The average molecular weight is 170 g/mol. The quantitative estimate of drug-likeness (QED) is 0.490. The smallest absolute Gasteiger partial charge is 0.261 e. The van der Waals surface area contributed by atoms with Crippen LogP contribution in [0.1, 0.15) is 10.1 Å². The van der Waals surface area contributed by atoms with E-state index in [1.807, 2.05) is 0 Å². The third-order valence-electron chi connectivity index (χ3n) is 1.45. The van der Waals surface area contributed by atoms with Crippen LogP contribution in [-0.4, -0.2) is 17.2 Å². The molecule has 1 aromatic rings. The molecule has 0 bridgehead atoms. The van der Waals surface area contributed by atoms with Gasteiger partial charge in [-0.3, -0.25) is 10.5 Å². The second-order valence-corrected chi connectivity index (χ2v) is 3.27. The first kappa shape index (κ1) is 6.64. The van der Waals surface area contributed by atoms with Gasteiger partial charge in [-0.1, -0.05) is 0 Å². The van der Waals surface area contributed by atoms with Crippen molar-refractivity contribution in [1.29, 1.82) is 0 Å². The Balaban J connectivity index is 2.44. The van der Waals surface area contributed by atoms with Crippen LogP contribution in [0.2, 0.25) is 0 Å². The molecule has 1 aromatic heterocycles. The Kier molecular flexibility index (Phi) is 1.34. The Bertz CT molecular complexity index is 296. The molecule has 2 unspecified atom stereocenters. The fraction of sp³-hybridized carbons (Fsp3) is 0.200. The molecule has 2 rings (SSSR count). The molecule has 4 N–H and O–H groups in total. The number of nitrogens with zero attached hydrogens (tertiary/aromatic N) is 1. The number of hydrogen-bond acceptors (Lipinski definition) is 4. The van der Waals surface area contributed by atoms with Crippen molar-refractivity contribution in [3.8, 4) is 0 Å². The summed E-state index contributed by atoms with van der Waals surface area (Å²) in [6.07, 6.45) is -0.499. The second kappa shape index (κ2) is 2.22. The number of hydrogen-bond donors (Lipinski definition) is 3. The molecule has 6 heteroatoms. The molecular formula is C5H7N4OP. The van der Waals surface area contributed by atoms with Gasteiger partial charge in [0, 0.05) is 5.93 Å². The predicted molar refractivity (Wildman–Crippen MR) is 42.8 cm³/mol. The van der Waals surface area contributed by atoms with Gasteiger partial charge in [-0.15, -0.1) is 8.19 Å². The van der Waals surface area contributed by atoms with Crippen molar-refractivity contribution in [2.45, 2.75) is 6.29 Å². The first-order valence-electron chi connectivity index (χ1n) is 3.14. The summed E-state index contributed by atoms with van der Waals surface area (Å²) < 4.78 is 0. The third-order valence-corrected chi connectivity index (χ3v) is 2.46. The topological polar surface area (TPSA) is 80.0 Å². The summed E-state index contributed by atoms with van der Waals surface area (Å²) in [6.45, 7) is 0. The van der Waals surface area contributed by atoms with Crippen LogP contribution < -0.4 is 16.4 Å². The zero-order valence-corrected chi connectivity index (χ0v) is 6.59. The van der Waals surface area contributed by atoms with Crippen LogP contribution in [0.3, 0.4) is 0 Å². The molecule has 0 spiro atoms. The molecule has 0 aliphatic carbocycles. The van der Waals surface area contributed by atoms with E-state index >= 15 is 0 Å². The number of carbonyl (C=O) groups excluding carboxylic acids is 1. The molecular weight excluding hydrogens is 163 g/mol. The summed E-state index contributed by atoms with van der Waals surface area (Å²) in [7, 11) is 0.366. The number of amides is 1. The molecule has 2 atom stereocenters. The molecule has 0 radical (unpaired) electrons. The van der Waals surface area contributed by atoms with Crippen molar-refractivity contribution in [3.63, 3.8) is 0 Å². The molecule has 5 nitrogen and oxygen atoms in total. The monoisotopic (exact) mass is 170 g/mol. The highest BCUT2D eigenvalue weighted by Crippen LogP contribution is 2.24. The Hall–Kier alpha value is -1.06. The Morgan fingerprint density at radius 1 is 1.64 bits per heavy atom. The maximum atomic E-state index is 11.1. The van der Waals surface area contributed by atoms with Crippen molar-refractivity contribution in [1.82, 2.24) is 10.3 Å². The summed E-state index contributed by atoms with van der Waals surface area (Å²) in [4.78, 5) is 15.1. The van der Waals surface area contributed by atoms with E-state index in [-0.39, 0.29) is 5.91 Å². The van der Waals surface area contributed by atoms with E-state index < -0.39 is 6.29 Å². The van der Waals surface area contributed by atoms with Gasteiger partial charge >= 0.3 is 0 Å². The molecule has 1 aliphatic rings. The number of rotatable bonds is 0. The van der Waals surface area contributed by atoms with Crippen LogP contribution in [0.25, 0.3) is 0 Å². The van der Waals surface area contributed by atoms with Crippen molar-refractivity contribution in [2.24, 2.45) is 5.73 Å². The van der Waals surface area contributed by atoms with Crippen LogP contribution >= 0.6 is 8.19 Å². The molecule has 0 saturated carbocycles. The lowest BCUT2D eigenvalue weighted by Gasteiger charge is -2.20. The minimum Gasteiger partial charge on any atom is -0.337 e. The fourth-order valence-electron chi connectivity index (χ4n) is 0.974. The van der Waals surface area contributed by atoms with Gasteiger partial charge in [0.1, 0.15) is 5.82 Å². The second-order valence-electron chi connectivity index (χ2n) is 2.22. The van der Waals surface area contributed by atoms with Crippen LogP contribution in [0.5, 0.6) is 0 Å². The summed E-state index contributed by atoms with van der Waals surface area (Å²) in [5.74, 6) is 2.23. The summed E-state index contributed by atoms with van der Waals surface area (Å²) in [5.41, 5.74) is 5.43. The zero-order valence-electron chi connectivity index (χ0n) is 5.59. The van der Waals surface area contributed by atoms with Gasteiger partial charge in [-0.25, -0.2) is 4.98 Å². The normalized spacial score (nSPS) is 22.6. The highest BCUT2D eigenvalue weighted by molar-refractivity contribution is 7.32. The lowest BCUT2D eigenvalue weighted by atomic mass is 10.4. The predicted octanol–water partition coefficient (Wildman–Crippen LogP) is -0.489. The van der Waals surface area contributed by atoms with Crippen molar-refractivity contribution in [3.05, 3.63) is 11.2 Å². The first-order valence-corrected chi connectivity index (χ1v) is 4.21. The fourth-order valence-corrected chi connectivity index (χ4v) is 1.77. The largest absolute Gasteiger partial charge is 0.337 e. The molecule has 0 aromatic carbocycles. The average Bonchev–Trinajstić information content (AvgIpc) is 2.34. The molecule has 11 heavy (non-hydrogen) atoms. The van der Waals surface area contributed by atoms with Gasteiger partial charge in [0.25, 0.3) is 5.91 Å². The van der Waals surface area contributed by atoms with Crippen LogP contribution in [0, 0.1) is 0 Å². The Labute approximate surface area is 64.5 Å². The number of carbonyl (C=O) groups is 1. The number of aromatic nitrogens is 1. The number of anilines is 1. The highest BCUT2D eigenvalue weighted by atomic mass is 31.0. The van der Waals surface area contributed by atoms with E-state index in [0.29, 0.717) is 19.3 Å². The van der Waals surface area contributed by atoms with Crippen molar-refractivity contribution < 1.29 is 4.79 Å². The van der Waals surface area contributed by atoms with Crippen LogP contribution in [0.4, 0.5) is 5.82 Å². The van der Waals surface area contributed by atoms with Gasteiger partial charge in [-0.05, 0) is 0 Å². The minimum absolute atomic E-state index is 0.109. The van der Waals surface area contributed by atoms with Crippen molar-refractivity contribution >= 4 is 19.9 Å². The van der Waals surface area contributed by atoms with E-state index in [1.165, 1.54) is 0 Å². The lowest BCUT2D eigenvalue weighted by molar-refractivity contribution is 0.0941. The number of fused-ring (bicyclic) bond motifs is 1. The van der Waals surface area contributed by atoms with Gasteiger partial charge in [0.2, 0.25) is 0 Å². The van der Waals surface area contributed by atoms with Gasteiger partial charge in [0.15, 0.2) is 6.29 Å². The summed E-state index contributed by atoms with van der Waals surface area (Å²) in [5, 5.41) is 6.09. The van der Waals surface area contributed by atoms with Gasteiger partial charge in [0.05, 0.1) is 5.30 Å². The Morgan fingerprint density at radius 3 is 3.27 bits per heavy atom. The van der Waals surface area contributed by atoms with Crippen molar-refractivity contribution in [2.75, 3.05) is 5.32 Å². The highest BCUT2D eigenvalue weighted by Gasteiger charge is 2.21. The SMILES string of the molecule is NC1NC(=O)c2[pH]cnc2N1. The molecule has 2 heterocycles. The van der Waals surface area contributed by atoms with E-state index in [4.69, 9.17) is 5.73 Å². The standard InChI is InChI=1S/C5H7N4OP/c6-5-8-3-2(4(10)9-5)11-1-7-3/h1,5,8,11H,6H2,(H,9,10). The maximum Gasteiger partial charge on any atom is 0.261 e. The minimum atomic E-state index is -0.499. The number of nitrogens with two attached hydrogens (primary N) is 1. The first-order chi connectivity index (χ1) is 5.27. The van der Waals surface area contributed by atoms with Gasteiger partial charge in [-0.2, -0.15) is 0 Å². The number of nitrogens with one attached hydrogen (secondary N) is 2. The van der Waals surface area contributed by atoms with E-state index in [2.05, 4.69) is 15.6 Å². The van der Waals surface area contributed by atoms with Gasteiger partial charge < -0.3 is 10.6 Å². The van der Waals surface area contributed by atoms with E-state index in [0.717, 1.165) is 0 Å². The third kappa shape index (κ3) is 0.982. The maximum absolute atomic E-state index is 11.1. The molecule has 1 aliphatic heterocycles. The zero-order chi connectivity index (χ0) is 7.84. The van der Waals surface area contributed by atoms with E-state index in [9.17, 15) is 4.79 Å². The van der Waals surface area contributed by atoms with E-state index in [1.54, 1.807) is 5.93 Å². The van der Waals surface area contributed by atoms with Crippen LogP contribution in [-0.2, 0) is 0 Å². The van der Waals surface area contributed by atoms with Crippen LogP contribution in [0.15, 0.2) is 5.93 Å². The Morgan fingerprint density at radius 2 is 2.45 bits per heavy atom. The molecule has 1 amide bonds. The molecule has 0 fully saturated rings. The summed E-state index contributed by atoms with van der Waals surface area (Å²) in [6, 6.07) is 0. The summed E-state index contributed by atoms with van der Waals surface area (Å²) >= 11 is 0. The molecule has 58 valence electrons. The lowest BCUT2D eigenvalue weighted by Crippen LogP contribution is -2.50. The molecule has 0 saturated heterocycles.